The first-order valence-electron chi connectivity index (χ1n) is 11.3. The van der Waals surface area contributed by atoms with E-state index < -0.39 is 5.56 Å². The number of carbonyl (C=O) groups is 2. The van der Waals surface area contributed by atoms with Gasteiger partial charge in [-0.3, -0.25) is 19.0 Å². The number of rotatable bonds is 5. The van der Waals surface area contributed by atoms with Crippen LogP contribution in [0, 0.1) is 14.9 Å². The highest BCUT2D eigenvalue weighted by atomic mass is 127. The minimum absolute atomic E-state index is 0.0129. The summed E-state index contributed by atoms with van der Waals surface area (Å²) in [6.45, 7) is 1.66. The van der Waals surface area contributed by atoms with E-state index in [0.29, 0.717) is 53.3 Å². The molecular weight excluding hydrogens is 589 g/mol. The number of anilines is 1. The van der Waals surface area contributed by atoms with Crippen LogP contribution in [0.1, 0.15) is 25.6 Å². The maximum Gasteiger partial charge on any atom is 0.272 e. The first-order chi connectivity index (χ1) is 17.5. The van der Waals surface area contributed by atoms with Crippen LogP contribution in [0.5, 0.6) is 0 Å². The van der Waals surface area contributed by atoms with Crippen molar-refractivity contribution in [2.24, 2.45) is 0 Å². The second kappa shape index (κ2) is 10.2. The molecule has 0 unspecified atom stereocenters. The van der Waals surface area contributed by atoms with E-state index in [4.69, 9.17) is 0 Å². The molecule has 0 atom stereocenters. The lowest BCUT2D eigenvalue weighted by Gasteiger charge is -2.36. The smallest absolute Gasteiger partial charge is 0.272 e. The maximum absolute atomic E-state index is 13.5. The normalized spacial score (nSPS) is 13.6. The number of ketones is 1. The van der Waals surface area contributed by atoms with Gasteiger partial charge in [-0.15, -0.1) is 11.3 Å². The Balaban J connectivity index is 1.53. The summed E-state index contributed by atoms with van der Waals surface area (Å²) in [4.78, 5) is 48.2. The van der Waals surface area contributed by atoms with Crippen molar-refractivity contribution in [2.45, 2.75) is 6.54 Å². The monoisotopic (exact) mass is 609 g/mol. The average Bonchev–Trinajstić information content (AvgIpc) is 3.45. The molecule has 0 bridgehead atoms. The van der Waals surface area contributed by atoms with Gasteiger partial charge >= 0.3 is 0 Å². The predicted molar refractivity (Wildman–Crippen MR) is 147 cm³/mol. The number of pyridine rings is 2. The van der Waals surface area contributed by atoms with Crippen LogP contribution >= 0.6 is 33.9 Å². The van der Waals surface area contributed by atoms with E-state index in [1.165, 1.54) is 15.9 Å². The molecular formula is C26H20IN5O3S. The van der Waals surface area contributed by atoms with Crippen molar-refractivity contribution in [1.82, 2.24) is 14.5 Å². The van der Waals surface area contributed by atoms with Crippen molar-refractivity contribution >= 4 is 62.3 Å². The molecule has 10 heteroatoms. The van der Waals surface area contributed by atoms with E-state index in [2.05, 4.69) is 33.6 Å². The Morgan fingerprint density at radius 1 is 1.08 bits per heavy atom. The van der Waals surface area contributed by atoms with Gasteiger partial charge in [0, 0.05) is 46.9 Å². The summed E-state index contributed by atoms with van der Waals surface area (Å²) in [5.74, 6) is -0.252. The minimum Gasteiger partial charge on any atom is -0.366 e. The fraction of sp³-hybridized carbons (Fsp3) is 0.192. The molecule has 0 aliphatic carbocycles. The Morgan fingerprint density at radius 2 is 1.83 bits per heavy atom. The zero-order valence-electron chi connectivity index (χ0n) is 19.1. The van der Waals surface area contributed by atoms with Crippen LogP contribution in [-0.4, -0.2) is 52.3 Å². The number of hydrogen-bond acceptors (Lipinski definition) is 7. The Labute approximate surface area is 224 Å². The number of amides is 1. The van der Waals surface area contributed by atoms with E-state index in [1.54, 1.807) is 35.4 Å². The number of thiophene rings is 1. The molecule has 0 radical (unpaired) electrons. The summed E-state index contributed by atoms with van der Waals surface area (Å²) in [6.07, 6.45) is 1.64. The van der Waals surface area contributed by atoms with Crippen LogP contribution < -0.4 is 10.5 Å². The zero-order valence-corrected chi connectivity index (χ0v) is 22.0. The lowest BCUT2D eigenvalue weighted by Crippen LogP contribution is -2.49. The molecule has 0 N–H and O–H groups in total. The Morgan fingerprint density at radius 3 is 2.50 bits per heavy atom. The highest BCUT2D eigenvalue weighted by molar-refractivity contribution is 14.1. The number of Topliss-reactive ketones (excluding diaryl/α,β-unsaturated/α-hetero) is 1. The molecule has 1 amide bonds. The molecule has 36 heavy (non-hydrogen) atoms. The van der Waals surface area contributed by atoms with Crippen LogP contribution in [0.2, 0.25) is 0 Å². The van der Waals surface area contributed by atoms with Crippen molar-refractivity contribution in [3.63, 3.8) is 0 Å². The molecule has 180 valence electrons. The van der Waals surface area contributed by atoms with Gasteiger partial charge in [0.1, 0.15) is 17.3 Å². The number of hydrogen-bond donors (Lipinski definition) is 0. The number of nitrogens with zero attached hydrogens (tertiary/aromatic N) is 5. The van der Waals surface area contributed by atoms with Crippen LogP contribution in [-0.2, 0) is 6.54 Å². The van der Waals surface area contributed by atoms with Crippen molar-refractivity contribution < 1.29 is 9.59 Å². The summed E-state index contributed by atoms with van der Waals surface area (Å²) >= 11 is 3.55. The standard InChI is InChI=1S/C26H20IN5O3S/c27-18-13-19-23(30-8-10-31(11-9-30)26(35)22-7-4-12-36-22)20(14-28)25(34)32(24(19)29-15-18)16-21(33)17-5-2-1-3-6-17/h1-7,12-13,15H,8-11,16H2. The third-order valence-electron chi connectivity index (χ3n) is 6.16. The topological polar surface area (TPSA) is 99.3 Å². The Bertz CT molecular complexity index is 1550. The first-order valence-corrected chi connectivity index (χ1v) is 13.2. The highest BCUT2D eigenvalue weighted by Gasteiger charge is 2.28. The SMILES string of the molecule is N#Cc1c(N2CCN(C(=O)c3cccs3)CC2)c2cc(I)cnc2n(CC(=O)c2ccccc2)c1=O. The maximum atomic E-state index is 13.5. The van der Waals surface area contributed by atoms with E-state index in [-0.39, 0.29) is 23.8 Å². The van der Waals surface area contributed by atoms with Gasteiger partial charge in [-0.05, 0) is 40.1 Å². The Hall–Kier alpha value is -3.56. The number of benzene rings is 1. The van der Waals surface area contributed by atoms with Crippen molar-refractivity contribution in [3.8, 4) is 6.07 Å². The van der Waals surface area contributed by atoms with Gasteiger partial charge in [0.2, 0.25) is 0 Å². The van der Waals surface area contributed by atoms with E-state index in [9.17, 15) is 19.6 Å². The van der Waals surface area contributed by atoms with Gasteiger partial charge in [0.15, 0.2) is 5.78 Å². The first kappa shape index (κ1) is 24.1. The van der Waals surface area contributed by atoms with Crippen LogP contribution in [0.25, 0.3) is 11.0 Å². The van der Waals surface area contributed by atoms with Crippen LogP contribution in [0.4, 0.5) is 5.69 Å². The molecule has 1 aliphatic heterocycles. The fourth-order valence-corrected chi connectivity index (χ4v) is 5.55. The van der Waals surface area contributed by atoms with E-state index >= 15 is 0 Å². The summed E-state index contributed by atoms with van der Waals surface area (Å²) in [7, 11) is 0. The number of carbonyl (C=O) groups excluding carboxylic acids is 2. The predicted octanol–water partition coefficient (Wildman–Crippen LogP) is 3.78. The van der Waals surface area contributed by atoms with Crippen molar-refractivity contribution in [2.75, 3.05) is 31.1 Å². The second-order valence-electron chi connectivity index (χ2n) is 8.30. The van der Waals surface area contributed by atoms with E-state index in [1.807, 2.05) is 34.5 Å². The summed E-state index contributed by atoms with van der Waals surface area (Å²) in [5, 5.41) is 12.6. The van der Waals surface area contributed by atoms with Gasteiger partial charge in [0.05, 0.1) is 17.1 Å². The Kier molecular flexibility index (Phi) is 6.84. The molecule has 1 fully saturated rings. The molecule has 4 heterocycles. The molecule has 5 rings (SSSR count). The highest BCUT2D eigenvalue weighted by Crippen LogP contribution is 2.30. The zero-order chi connectivity index (χ0) is 25.2. The fourth-order valence-electron chi connectivity index (χ4n) is 4.41. The number of fused-ring (bicyclic) bond motifs is 1. The van der Waals surface area contributed by atoms with Crippen molar-refractivity contribution in [1.29, 1.82) is 5.26 Å². The van der Waals surface area contributed by atoms with Crippen molar-refractivity contribution in [3.05, 3.63) is 90.0 Å². The largest absolute Gasteiger partial charge is 0.366 e. The quantitative estimate of drug-likeness (QED) is 0.253. The second-order valence-corrected chi connectivity index (χ2v) is 10.5. The third-order valence-corrected chi connectivity index (χ3v) is 7.61. The summed E-state index contributed by atoms with van der Waals surface area (Å²) in [6, 6.07) is 16.4. The number of halogens is 1. The molecule has 0 saturated carbocycles. The van der Waals surface area contributed by atoms with Gasteiger partial charge in [0.25, 0.3) is 11.5 Å². The van der Waals surface area contributed by atoms with E-state index in [0.717, 1.165) is 3.57 Å². The lowest BCUT2D eigenvalue weighted by molar-refractivity contribution is 0.0751. The van der Waals surface area contributed by atoms with Gasteiger partial charge < -0.3 is 9.80 Å². The minimum atomic E-state index is -0.546. The summed E-state index contributed by atoms with van der Waals surface area (Å²) in [5.41, 5.74) is 0.781. The van der Waals surface area contributed by atoms with Gasteiger partial charge in [-0.25, -0.2) is 4.98 Å². The number of nitriles is 1. The molecule has 1 saturated heterocycles. The average molecular weight is 609 g/mol. The third kappa shape index (κ3) is 4.52. The van der Waals surface area contributed by atoms with Crippen LogP contribution in [0.3, 0.4) is 0 Å². The van der Waals surface area contributed by atoms with Gasteiger partial charge in [-0.1, -0.05) is 36.4 Å². The molecule has 1 aromatic carbocycles. The molecule has 3 aromatic heterocycles. The van der Waals surface area contributed by atoms with Crippen LogP contribution in [0.15, 0.2) is 64.9 Å². The summed E-state index contributed by atoms with van der Waals surface area (Å²) < 4.78 is 2.13. The molecule has 0 spiro atoms. The molecule has 1 aliphatic rings. The number of aromatic nitrogens is 2. The number of piperazine rings is 1. The lowest BCUT2D eigenvalue weighted by atomic mass is 10.1. The molecule has 8 nitrogen and oxygen atoms in total. The molecule has 4 aromatic rings. The van der Waals surface area contributed by atoms with Gasteiger partial charge in [-0.2, -0.15) is 5.26 Å².